The molecule has 0 fully saturated rings. The summed E-state index contributed by atoms with van der Waals surface area (Å²) in [6.07, 6.45) is 0. The van der Waals surface area contributed by atoms with Crippen molar-refractivity contribution in [2.45, 2.75) is 6.92 Å². The molecule has 0 amide bonds. The molecule has 0 aliphatic heterocycles. The fourth-order valence-corrected chi connectivity index (χ4v) is 0.534. The van der Waals surface area contributed by atoms with Crippen molar-refractivity contribution in [2.24, 2.45) is 0 Å². The lowest BCUT2D eigenvalue weighted by Gasteiger charge is -1.82. The summed E-state index contributed by atoms with van der Waals surface area (Å²) in [5.41, 5.74) is 1.32. The van der Waals surface area contributed by atoms with Gasteiger partial charge in [0, 0.05) is 0 Å². The van der Waals surface area contributed by atoms with Crippen molar-refractivity contribution in [1.29, 1.82) is 0 Å². The summed E-state index contributed by atoms with van der Waals surface area (Å²) in [5, 5.41) is 0. The normalized spacial score (nSPS) is 7.80. The first-order valence-electron chi connectivity index (χ1n) is 2.79. The molecule has 0 bridgehead atoms. The molecule has 0 unspecified atom stereocenters. The van der Waals surface area contributed by atoms with Crippen LogP contribution in [0.15, 0.2) is 30.3 Å². The minimum Gasteiger partial charge on any atom is -0.308 e. The van der Waals surface area contributed by atoms with E-state index in [1.807, 2.05) is 18.2 Å². The second-order valence-corrected chi connectivity index (χ2v) is 1.90. The lowest BCUT2D eigenvalue weighted by Crippen LogP contribution is -1.62. The fraction of sp³-hybridized carbons (Fsp3) is 0.143. The van der Waals surface area contributed by atoms with Gasteiger partial charge in [-0.05, 0) is 6.92 Å². The number of hydrogen-bond acceptors (Lipinski definition) is 1. The van der Waals surface area contributed by atoms with E-state index in [0.717, 1.165) is 0 Å². The average Bonchev–Trinajstić information content (AvgIpc) is 1.91. The molecule has 3 heteroatoms. The number of aryl methyl sites for hydroxylation is 1. The molecule has 0 atom stereocenters. The molecule has 0 saturated carbocycles. The van der Waals surface area contributed by atoms with Gasteiger partial charge in [-0.3, -0.25) is 0 Å². The van der Waals surface area contributed by atoms with Gasteiger partial charge in [0.05, 0.1) is 0 Å². The van der Waals surface area contributed by atoms with E-state index in [4.69, 9.17) is 8.76 Å². The second kappa shape index (κ2) is 6.45. The molecular weight excluding hydrogens is 148 g/mol. The van der Waals surface area contributed by atoms with Gasteiger partial charge in [0.2, 0.25) is 0 Å². The summed E-state index contributed by atoms with van der Waals surface area (Å²) in [7, 11) is 0. The minimum atomic E-state index is -0.833. The zero-order valence-electron chi connectivity index (χ0n) is 5.69. The van der Waals surface area contributed by atoms with Crippen LogP contribution in [0.1, 0.15) is 5.56 Å². The topological polar surface area (TPSA) is 37.3 Å². The maximum absolute atomic E-state index is 8.46. The minimum absolute atomic E-state index is 0.833. The highest BCUT2D eigenvalue weighted by Gasteiger charge is 1.72. The number of thiol groups is 1. The third-order valence-corrected chi connectivity index (χ3v) is 0.940. The molecule has 1 N–H and O–H groups in total. The summed E-state index contributed by atoms with van der Waals surface area (Å²) in [5.74, 6) is 0. The van der Waals surface area contributed by atoms with E-state index >= 15 is 0 Å². The average molecular weight is 158 g/mol. The van der Waals surface area contributed by atoms with Crippen molar-refractivity contribution < 1.29 is 8.76 Å². The first-order chi connectivity index (χ1) is 4.81. The highest BCUT2D eigenvalue weighted by molar-refractivity contribution is 7.59. The maximum atomic E-state index is 8.46. The fourth-order valence-electron chi connectivity index (χ4n) is 0.534. The Labute approximate surface area is 64.2 Å². The van der Waals surface area contributed by atoms with Crippen molar-refractivity contribution in [3.63, 3.8) is 0 Å². The first kappa shape index (κ1) is 9.33. The highest BCUT2D eigenvalue weighted by Crippen LogP contribution is 1.92. The van der Waals surface area contributed by atoms with Crippen molar-refractivity contribution in [1.82, 2.24) is 0 Å². The Balaban J connectivity index is 0.000000236. The third-order valence-electron chi connectivity index (χ3n) is 0.940. The lowest BCUT2D eigenvalue weighted by molar-refractivity contribution is 0.586. The third kappa shape index (κ3) is 5.47. The van der Waals surface area contributed by atoms with Gasteiger partial charge in [0.25, 0.3) is 0 Å². The van der Waals surface area contributed by atoms with Crippen LogP contribution in [-0.2, 0) is 11.9 Å². The molecule has 10 heavy (non-hydrogen) atoms. The van der Waals surface area contributed by atoms with Crippen molar-refractivity contribution in [3.8, 4) is 0 Å². The molecule has 2 nitrogen and oxygen atoms in total. The van der Waals surface area contributed by atoms with Crippen molar-refractivity contribution >= 4 is 11.9 Å². The van der Waals surface area contributed by atoms with Crippen LogP contribution >= 0.6 is 0 Å². The summed E-state index contributed by atoms with van der Waals surface area (Å²) < 4.78 is 15.4. The molecule has 0 heterocycles. The number of hydrogen-bond donors (Lipinski definition) is 2. The van der Waals surface area contributed by atoms with Crippen LogP contribution in [0, 0.1) is 6.92 Å². The molecule has 1 aromatic carbocycles. The van der Waals surface area contributed by atoms with E-state index < -0.39 is 11.9 Å². The lowest BCUT2D eigenvalue weighted by atomic mass is 10.2. The maximum Gasteiger partial charge on any atom is 0.139 e. The van der Waals surface area contributed by atoms with Crippen molar-refractivity contribution in [2.75, 3.05) is 0 Å². The van der Waals surface area contributed by atoms with Crippen molar-refractivity contribution in [3.05, 3.63) is 35.9 Å². The molecule has 0 saturated heterocycles. The van der Waals surface area contributed by atoms with Crippen LogP contribution in [0.25, 0.3) is 0 Å². The molecule has 1 aromatic rings. The van der Waals surface area contributed by atoms with Gasteiger partial charge in [-0.25, -0.2) is 4.21 Å². The highest BCUT2D eigenvalue weighted by atomic mass is 32.2. The summed E-state index contributed by atoms with van der Waals surface area (Å²) in [6.45, 7) is 2.08. The van der Waals surface area contributed by atoms with Gasteiger partial charge >= 0.3 is 0 Å². The van der Waals surface area contributed by atoms with E-state index in [9.17, 15) is 0 Å². The zero-order valence-corrected chi connectivity index (χ0v) is 6.58. The Hall–Kier alpha value is -0.670. The van der Waals surface area contributed by atoms with Gasteiger partial charge in [-0.1, -0.05) is 35.9 Å². The Morgan fingerprint density at radius 1 is 1.30 bits per heavy atom. The Morgan fingerprint density at radius 2 is 1.70 bits per heavy atom. The van der Waals surface area contributed by atoms with Gasteiger partial charge in [-0.2, -0.15) is 0 Å². The molecule has 0 aromatic heterocycles. The molecule has 1 rings (SSSR count). The van der Waals surface area contributed by atoms with Gasteiger partial charge in [-0.15, -0.1) is 0 Å². The van der Waals surface area contributed by atoms with Crippen LogP contribution in [0.3, 0.4) is 0 Å². The molecule has 0 radical (unpaired) electrons. The van der Waals surface area contributed by atoms with Crippen LogP contribution in [0.2, 0.25) is 0 Å². The molecule has 0 spiro atoms. The van der Waals surface area contributed by atoms with E-state index in [2.05, 4.69) is 19.1 Å². The first-order valence-corrected chi connectivity index (χ1v) is 3.56. The van der Waals surface area contributed by atoms with Crippen LogP contribution in [0.5, 0.6) is 0 Å². The quantitative estimate of drug-likeness (QED) is 0.442. The Kier molecular flexibility index (Phi) is 6.02. The summed E-state index contributed by atoms with van der Waals surface area (Å²) in [4.78, 5) is 0. The molecule has 0 aliphatic rings. The predicted octanol–water partition coefficient (Wildman–Crippen LogP) is 1.40. The van der Waals surface area contributed by atoms with Crippen LogP contribution in [-0.4, -0.2) is 8.76 Å². The molecular formula is C7H10O2S. The Bertz CT molecular complexity index is 174. The number of rotatable bonds is 0. The van der Waals surface area contributed by atoms with Crippen LogP contribution < -0.4 is 0 Å². The number of benzene rings is 1. The SMILES string of the molecule is Cc1ccccc1.O=[SH]O. The van der Waals surface area contributed by atoms with Crippen LogP contribution in [0.4, 0.5) is 0 Å². The van der Waals surface area contributed by atoms with Gasteiger partial charge in [0.15, 0.2) is 0 Å². The largest absolute Gasteiger partial charge is 0.308 e. The van der Waals surface area contributed by atoms with Gasteiger partial charge < -0.3 is 4.55 Å². The molecule has 56 valence electrons. The second-order valence-electron chi connectivity index (χ2n) is 1.74. The van der Waals surface area contributed by atoms with E-state index in [1.54, 1.807) is 0 Å². The van der Waals surface area contributed by atoms with E-state index in [1.165, 1.54) is 5.56 Å². The molecule has 0 aliphatic carbocycles. The Morgan fingerprint density at radius 3 is 1.90 bits per heavy atom. The summed E-state index contributed by atoms with van der Waals surface area (Å²) in [6, 6.07) is 10.3. The standard InChI is InChI=1S/C7H8.H2O2S/c1-7-5-3-2-4-6-7;1-3-2/h2-6H,1H3;3H,(H,1,2). The smallest absolute Gasteiger partial charge is 0.139 e. The predicted molar refractivity (Wildman–Crippen MR) is 43.3 cm³/mol. The summed E-state index contributed by atoms with van der Waals surface area (Å²) >= 11 is -0.833. The van der Waals surface area contributed by atoms with E-state index in [0.29, 0.717) is 0 Å². The van der Waals surface area contributed by atoms with Gasteiger partial charge in [0.1, 0.15) is 11.9 Å². The zero-order chi connectivity index (χ0) is 7.82. The van der Waals surface area contributed by atoms with E-state index in [-0.39, 0.29) is 0 Å². The monoisotopic (exact) mass is 158 g/mol.